The van der Waals surface area contributed by atoms with E-state index >= 15 is 0 Å². The Labute approximate surface area is 126 Å². The van der Waals surface area contributed by atoms with Crippen LogP contribution in [-0.2, 0) is 4.79 Å². The molecule has 1 unspecified atom stereocenters. The zero-order chi connectivity index (χ0) is 14.5. The van der Waals surface area contributed by atoms with Crippen molar-refractivity contribution in [3.63, 3.8) is 0 Å². The molecule has 20 heavy (non-hydrogen) atoms. The predicted molar refractivity (Wildman–Crippen MR) is 87.1 cm³/mol. The van der Waals surface area contributed by atoms with E-state index in [1.807, 2.05) is 0 Å². The van der Waals surface area contributed by atoms with Gasteiger partial charge >= 0.3 is 0 Å². The number of Topliss-reactive ketones (excluding diaryl/α,β-unsaturated/α-hetero) is 1. The molecule has 0 amide bonds. The molecular weight excluding hydrogens is 246 g/mol. The summed E-state index contributed by atoms with van der Waals surface area (Å²) in [5, 5.41) is 3.35. The van der Waals surface area contributed by atoms with E-state index in [1.165, 1.54) is 70.6 Å². The van der Waals surface area contributed by atoms with Crippen LogP contribution in [0.15, 0.2) is 0 Å². The Morgan fingerprint density at radius 2 is 1.50 bits per heavy atom. The smallest absolute Gasteiger partial charge is 0.149 e. The van der Waals surface area contributed by atoms with Gasteiger partial charge in [-0.2, -0.15) is 0 Å². The van der Waals surface area contributed by atoms with Gasteiger partial charge in [0.1, 0.15) is 5.78 Å². The van der Waals surface area contributed by atoms with Crippen LogP contribution < -0.4 is 5.32 Å². The summed E-state index contributed by atoms with van der Waals surface area (Å²) >= 11 is 0. The third kappa shape index (κ3) is 8.73. The normalized spacial score (nSPS) is 19.1. The highest BCUT2D eigenvalue weighted by molar-refractivity contribution is 5.84. The van der Waals surface area contributed by atoms with Gasteiger partial charge in [0.05, 0.1) is 6.04 Å². The van der Waals surface area contributed by atoms with Gasteiger partial charge in [-0.15, -0.1) is 0 Å². The van der Waals surface area contributed by atoms with Crippen LogP contribution in [0.1, 0.15) is 96.8 Å². The number of hydrogen-bond donors (Lipinski definition) is 1. The fourth-order valence-corrected chi connectivity index (χ4v) is 3.09. The van der Waals surface area contributed by atoms with E-state index in [2.05, 4.69) is 12.2 Å². The van der Waals surface area contributed by atoms with Crippen LogP contribution in [-0.4, -0.2) is 18.4 Å². The van der Waals surface area contributed by atoms with Crippen molar-refractivity contribution >= 4 is 5.78 Å². The van der Waals surface area contributed by atoms with Crippen LogP contribution >= 0.6 is 0 Å². The lowest BCUT2D eigenvalue weighted by Gasteiger charge is -2.22. The van der Waals surface area contributed by atoms with Crippen LogP contribution in [0.2, 0.25) is 0 Å². The van der Waals surface area contributed by atoms with Crippen molar-refractivity contribution in [2.75, 3.05) is 6.54 Å². The van der Waals surface area contributed by atoms with Gasteiger partial charge in [-0.05, 0) is 25.8 Å². The van der Waals surface area contributed by atoms with Gasteiger partial charge in [-0.25, -0.2) is 0 Å². The fraction of sp³-hybridized carbons (Fsp3) is 0.944. The van der Waals surface area contributed by atoms with Crippen molar-refractivity contribution < 1.29 is 4.79 Å². The molecule has 1 heterocycles. The molecule has 1 saturated heterocycles. The SMILES string of the molecule is CCCCCCCCCCCCC(=O)C1CCCCN1. The van der Waals surface area contributed by atoms with E-state index in [-0.39, 0.29) is 6.04 Å². The van der Waals surface area contributed by atoms with Gasteiger partial charge in [0.15, 0.2) is 0 Å². The second-order valence-electron chi connectivity index (χ2n) is 6.40. The molecule has 2 heteroatoms. The Hall–Kier alpha value is -0.370. The van der Waals surface area contributed by atoms with E-state index < -0.39 is 0 Å². The first-order chi connectivity index (χ1) is 9.84. The topological polar surface area (TPSA) is 29.1 Å². The summed E-state index contributed by atoms with van der Waals surface area (Å²) in [5.41, 5.74) is 0. The van der Waals surface area contributed by atoms with Gasteiger partial charge in [0.2, 0.25) is 0 Å². The van der Waals surface area contributed by atoms with Crippen LogP contribution in [0.3, 0.4) is 0 Å². The highest BCUT2D eigenvalue weighted by atomic mass is 16.1. The van der Waals surface area contributed by atoms with E-state index in [1.54, 1.807) is 0 Å². The number of unbranched alkanes of at least 4 members (excludes halogenated alkanes) is 9. The first-order valence-electron chi connectivity index (χ1n) is 9.10. The van der Waals surface area contributed by atoms with Crippen molar-refractivity contribution in [3.05, 3.63) is 0 Å². The number of hydrogen-bond acceptors (Lipinski definition) is 2. The summed E-state index contributed by atoms with van der Waals surface area (Å²) in [6.45, 7) is 3.30. The maximum Gasteiger partial charge on any atom is 0.149 e. The molecule has 1 fully saturated rings. The third-order valence-corrected chi connectivity index (χ3v) is 4.48. The van der Waals surface area contributed by atoms with Crippen LogP contribution in [0, 0.1) is 0 Å². The number of piperidine rings is 1. The molecule has 2 nitrogen and oxygen atoms in total. The van der Waals surface area contributed by atoms with E-state index in [4.69, 9.17) is 0 Å². The van der Waals surface area contributed by atoms with Crippen molar-refractivity contribution in [2.24, 2.45) is 0 Å². The highest BCUT2D eigenvalue weighted by Gasteiger charge is 2.19. The number of nitrogens with one attached hydrogen (secondary N) is 1. The summed E-state index contributed by atoms with van der Waals surface area (Å²) in [6.07, 6.45) is 17.7. The summed E-state index contributed by atoms with van der Waals surface area (Å²) in [7, 11) is 0. The second-order valence-corrected chi connectivity index (χ2v) is 6.40. The first-order valence-corrected chi connectivity index (χ1v) is 9.10. The zero-order valence-corrected chi connectivity index (χ0v) is 13.6. The third-order valence-electron chi connectivity index (χ3n) is 4.48. The molecule has 0 aromatic rings. The fourth-order valence-electron chi connectivity index (χ4n) is 3.09. The summed E-state index contributed by atoms with van der Waals surface area (Å²) in [6, 6.07) is 0.183. The molecule has 118 valence electrons. The molecule has 1 atom stereocenters. The molecule has 1 aliphatic rings. The standard InChI is InChI=1S/C18H35NO/c1-2-3-4-5-6-7-8-9-10-11-15-18(20)17-14-12-13-16-19-17/h17,19H,2-16H2,1H3. The lowest BCUT2D eigenvalue weighted by atomic mass is 9.97. The Morgan fingerprint density at radius 1 is 0.900 bits per heavy atom. The molecule has 1 N–H and O–H groups in total. The van der Waals surface area contributed by atoms with Crippen molar-refractivity contribution in [3.8, 4) is 0 Å². The highest BCUT2D eigenvalue weighted by Crippen LogP contribution is 2.14. The van der Waals surface area contributed by atoms with Gasteiger partial charge < -0.3 is 5.32 Å². The molecule has 0 aromatic carbocycles. The second kappa shape index (κ2) is 12.4. The molecule has 0 radical (unpaired) electrons. The van der Waals surface area contributed by atoms with Crippen LogP contribution in [0.25, 0.3) is 0 Å². The van der Waals surface area contributed by atoms with Gasteiger partial charge in [0, 0.05) is 6.42 Å². The van der Waals surface area contributed by atoms with Crippen molar-refractivity contribution in [2.45, 2.75) is 103 Å². The summed E-state index contributed by atoms with van der Waals surface area (Å²) in [5.74, 6) is 0.462. The van der Waals surface area contributed by atoms with E-state index in [9.17, 15) is 4.79 Å². The monoisotopic (exact) mass is 281 g/mol. The maximum atomic E-state index is 12.0. The number of carbonyl (C=O) groups is 1. The van der Waals surface area contributed by atoms with Gasteiger partial charge in [0.25, 0.3) is 0 Å². The van der Waals surface area contributed by atoms with Crippen molar-refractivity contribution in [1.29, 1.82) is 0 Å². The van der Waals surface area contributed by atoms with Gasteiger partial charge in [-0.1, -0.05) is 71.1 Å². The Kier molecular flexibility index (Phi) is 10.9. The Morgan fingerprint density at radius 3 is 2.05 bits per heavy atom. The van der Waals surface area contributed by atoms with Crippen LogP contribution in [0.4, 0.5) is 0 Å². The minimum absolute atomic E-state index is 0.183. The molecule has 0 aliphatic carbocycles. The van der Waals surface area contributed by atoms with Crippen molar-refractivity contribution in [1.82, 2.24) is 5.32 Å². The van der Waals surface area contributed by atoms with Gasteiger partial charge in [-0.3, -0.25) is 4.79 Å². The Balaban J connectivity index is 1.83. The predicted octanol–water partition coefficient (Wildman–Crippen LogP) is 5.01. The molecule has 1 rings (SSSR count). The minimum Gasteiger partial charge on any atom is -0.307 e. The largest absolute Gasteiger partial charge is 0.307 e. The lowest BCUT2D eigenvalue weighted by Crippen LogP contribution is -2.40. The number of rotatable bonds is 12. The molecular formula is C18H35NO. The summed E-state index contributed by atoms with van der Waals surface area (Å²) < 4.78 is 0. The van der Waals surface area contributed by atoms with E-state index in [0.29, 0.717) is 5.78 Å². The van der Waals surface area contributed by atoms with E-state index in [0.717, 1.165) is 25.8 Å². The first kappa shape index (κ1) is 17.7. The molecule has 1 aliphatic heterocycles. The quantitative estimate of drug-likeness (QED) is 0.510. The average molecular weight is 281 g/mol. The van der Waals surface area contributed by atoms with Crippen LogP contribution in [0.5, 0.6) is 0 Å². The number of carbonyl (C=O) groups excluding carboxylic acids is 1. The summed E-state index contributed by atoms with van der Waals surface area (Å²) in [4.78, 5) is 12.0. The lowest BCUT2D eigenvalue weighted by molar-refractivity contribution is -0.121. The molecule has 0 bridgehead atoms. The average Bonchev–Trinajstić information content (AvgIpc) is 2.50. The Bertz CT molecular complexity index is 234. The zero-order valence-electron chi connectivity index (χ0n) is 13.6. The molecule has 0 spiro atoms. The number of ketones is 1. The maximum absolute atomic E-state index is 12.0. The molecule has 0 saturated carbocycles. The molecule has 0 aromatic heterocycles. The minimum atomic E-state index is 0.183.